The van der Waals surface area contributed by atoms with Crippen molar-refractivity contribution in [2.75, 3.05) is 13.1 Å². The highest BCUT2D eigenvalue weighted by Gasteiger charge is 2.31. The number of fused-ring (bicyclic) bond motifs is 1. The molecule has 0 spiro atoms. The van der Waals surface area contributed by atoms with E-state index in [4.69, 9.17) is 5.73 Å². The second kappa shape index (κ2) is 7.32. The topological polar surface area (TPSA) is 64.2 Å². The van der Waals surface area contributed by atoms with E-state index in [0.717, 1.165) is 55.5 Å². The van der Waals surface area contributed by atoms with Crippen LogP contribution in [0.1, 0.15) is 41.0 Å². The first kappa shape index (κ1) is 18.8. The Labute approximate surface area is 156 Å². The number of piperidine rings is 1. The molecule has 0 radical (unpaired) electrons. The van der Waals surface area contributed by atoms with Gasteiger partial charge in [-0.25, -0.2) is 13.5 Å². The molecule has 8 heteroatoms. The summed E-state index contributed by atoms with van der Waals surface area (Å²) in [5, 5.41) is 4.47. The first-order chi connectivity index (χ1) is 12.0. The number of hydrogen-bond acceptors (Lipinski definition) is 3. The lowest BCUT2D eigenvalue weighted by molar-refractivity contribution is 0.0701. The minimum absolute atomic E-state index is 0. The Morgan fingerprint density at radius 3 is 2.73 bits per heavy atom. The fraction of sp³-hybridized carbons (Fsp3) is 0.444. The molecule has 1 aromatic heterocycles. The lowest BCUT2D eigenvalue weighted by atomic mass is 10.1. The highest BCUT2D eigenvalue weighted by molar-refractivity contribution is 5.94. The van der Waals surface area contributed by atoms with Gasteiger partial charge < -0.3 is 10.6 Å². The van der Waals surface area contributed by atoms with Gasteiger partial charge in [0.15, 0.2) is 17.3 Å². The number of carbonyl (C=O) groups is 1. The van der Waals surface area contributed by atoms with Gasteiger partial charge in [-0.2, -0.15) is 5.10 Å². The van der Waals surface area contributed by atoms with E-state index in [1.54, 1.807) is 9.58 Å². The maximum Gasteiger partial charge on any atom is 0.274 e. The Morgan fingerprint density at radius 1 is 1.19 bits per heavy atom. The van der Waals surface area contributed by atoms with Crippen molar-refractivity contribution in [1.29, 1.82) is 0 Å². The van der Waals surface area contributed by atoms with Gasteiger partial charge in [-0.3, -0.25) is 4.79 Å². The summed E-state index contributed by atoms with van der Waals surface area (Å²) in [5.74, 6) is -1.93. The van der Waals surface area contributed by atoms with Gasteiger partial charge in [-0.15, -0.1) is 12.4 Å². The maximum absolute atomic E-state index is 13.6. The molecule has 2 heterocycles. The summed E-state index contributed by atoms with van der Waals surface area (Å²) in [6.07, 6.45) is 4.29. The monoisotopic (exact) mass is 382 g/mol. The molecule has 1 aliphatic heterocycles. The van der Waals surface area contributed by atoms with Crippen molar-refractivity contribution >= 4 is 18.3 Å². The average molecular weight is 383 g/mol. The Bertz CT molecular complexity index is 839. The van der Waals surface area contributed by atoms with Crippen molar-refractivity contribution in [2.45, 2.75) is 38.1 Å². The predicted molar refractivity (Wildman–Crippen MR) is 95.9 cm³/mol. The van der Waals surface area contributed by atoms with Crippen LogP contribution >= 0.6 is 12.4 Å². The van der Waals surface area contributed by atoms with Crippen molar-refractivity contribution in [3.05, 3.63) is 46.8 Å². The number of nitrogens with zero attached hydrogens (tertiary/aromatic N) is 3. The zero-order valence-electron chi connectivity index (χ0n) is 14.3. The molecule has 1 atom stereocenters. The molecule has 0 bridgehead atoms. The van der Waals surface area contributed by atoms with Crippen LogP contribution in [0.4, 0.5) is 8.78 Å². The van der Waals surface area contributed by atoms with Gasteiger partial charge in [0.2, 0.25) is 0 Å². The predicted octanol–water partition coefficient (Wildman–Crippen LogP) is 2.62. The van der Waals surface area contributed by atoms with E-state index in [0.29, 0.717) is 24.5 Å². The normalized spacial score (nSPS) is 19.2. The third kappa shape index (κ3) is 3.21. The number of aromatic nitrogens is 2. The van der Waals surface area contributed by atoms with Crippen LogP contribution in [0, 0.1) is 11.6 Å². The van der Waals surface area contributed by atoms with Crippen LogP contribution in [0.3, 0.4) is 0 Å². The minimum atomic E-state index is -0.922. The molecule has 4 rings (SSSR count). The van der Waals surface area contributed by atoms with Gasteiger partial charge in [0.25, 0.3) is 5.91 Å². The highest BCUT2D eigenvalue weighted by atomic mass is 35.5. The fourth-order valence-corrected chi connectivity index (χ4v) is 3.78. The molecule has 1 aromatic carbocycles. The molecule has 1 unspecified atom stereocenters. The summed E-state index contributed by atoms with van der Waals surface area (Å²) >= 11 is 0. The van der Waals surface area contributed by atoms with Crippen LogP contribution in [0.5, 0.6) is 0 Å². The van der Waals surface area contributed by atoms with E-state index in [9.17, 15) is 13.6 Å². The van der Waals surface area contributed by atoms with Crippen LogP contribution in [0.2, 0.25) is 0 Å². The van der Waals surface area contributed by atoms with Crippen molar-refractivity contribution in [2.24, 2.45) is 5.73 Å². The van der Waals surface area contributed by atoms with Gasteiger partial charge in [0.1, 0.15) is 0 Å². The summed E-state index contributed by atoms with van der Waals surface area (Å²) in [6.45, 7) is 1.21. The molecule has 2 N–H and O–H groups in total. The molecular formula is C18H21ClF2N4O. The SMILES string of the molecule is Cl.NC1CCCN(C(=O)c2nn(-c3ccc(F)c(F)c3)c3c2CCC3)C1. The number of carbonyl (C=O) groups excluding carboxylic acids is 1. The van der Waals surface area contributed by atoms with Crippen molar-refractivity contribution in [3.63, 3.8) is 0 Å². The molecule has 26 heavy (non-hydrogen) atoms. The van der Waals surface area contributed by atoms with E-state index >= 15 is 0 Å². The zero-order chi connectivity index (χ0) is 17.6. The Kier molecular flexibility index (Phi) is 5.29. The van der Waals surface area contributed by atoms with Crippen LogP contribution in [-0.4, -0.2) is 39.7 Å². The minimum Gasteiger partial charge on any atom is -0.336 e. The second-order valence-electron chi connectivity index (χ2n) is 6.79. The van der Waals surface area contributed by atoms with E-state index in [-0.39, 0.29) is 24.4 Å². The summed E-state index contributed by atoms with van der Waals surface area (Å²) < 4.78 is 28.4. The molecule has 2 aromatic rings. The first-order valence-electron chi connectivity index (χ1n) is 8.65. The fourth-order valence-electron chi connectivity index (χ4n) is 3.78. The van der Waals surface area contributed by atoms with Gasteiger partial charge in [-0.05, 0) is 44.2 Å². The van der Waals surface area contributed by atoms with E-state index < -0.39 is 11.6 Å². The molecule has 140 valence electrons. The Morgan fingerprint density at radius 2 is 2.00 bits per heavy atom. The van der Waals surface area contributed by atoms with Crippen LogP contribution < -0.4 is 5.73 Å². The number of likely N-dealkylation sites (tertiary alicyclic amines) is 1. The summed E-state index contributed by atoms with van der Waals surface area (Å²) in [7, 11) is 0. The first-order valence-corrected chi connectivity index (χ1v) is 8.65. The smallest absolute Gasteiger partial charge is 0.274 e. The summed E-state index contributed by atoms with van der Waals surface area (Å²) in [6, 6.07) is 3.68. The van der Waals surface area contributed by atoms with E-state index in [1.165, 1.54) is 6.07 Å². The van der Waals surface area contributed by atoms with Crippen LogP contribution in [0.25, 0.3) is 5.69 Å². The standard InChI is InChI=1S/C18H20F2N4O.ClH/c19-14-7-6-12(9-15(14)20)24-16-5-1-4-13(16)17(22-24)18(25)23-8-2-3-11(21)10-23;/h6-7,9,11H,1-5,8,10,21H2;1H. The molecule has 1 amide bonds. The maximum atomic E-state index is 13.6. The summed E-state index contributed by atoms with van der Waals surface area (Å²) in [4.78, 5) is 14.7. The average Bonchev–Trinajstić information content (AvgIpc) is 3.19. The zero-order valence-corrected chi connectivity index (χ0v) is 15.1. The number of nitrogens with two attached hydrogens (primary N) is 1. The summed E-state index contributed by atoms with van der Waals surface area (Å²) in [5.41, 5.74) is 8.68. The molecule has 1 fully saturated rings. The van der Waals surface area contributed by atoms with E-state index in [2.05, 4.69) is 5.10 Å². The number of rotatable bonds is 2. The molecular weight excluding hydrogens is 362 g/mol. The number of halogens is 3. The lowest BCUT2D eigenvalue weighted by Crippen LogP contribution is -2.46. The quantitative estimate of drug-likeness (QED) is 0.868. The number of amides is 1. The number of benzene rings is 1. The lowest BCUT2D eigenvalue weighted by Gasteiger charge is -2.30. The van der Waals surface area contributed by atoms with Crippen LogP contribution in [-0.2, 0) is 12.8 Å². The van der Waals surface area contributed by atoms with Gasteiger partial charge in [0, 0.05) is 36.5 Å². The second-order valence-corrected chi connectivity index (χ2v) is 6.79. The Balaban J connectivity index is 0.00000196. The Hall–Kier alpha value is -1.99. The number of hydrogen-bond donors (Lipinski definition) is 1. The van der Waals surface area contributed by atoms with E-state index in [1.807, 2.05) is 0 Å². The van der Waals surface area contributed by atoms with Crippen molar-refractivity contribution in [3.8, 4) is 5.69 Å². The highest BCUT2D eigenvalue weighted by Crippen LogP contribution is 2.29. The van der Waals surface area contributed by atoms with Crippen molar-refractivity contribution in [1.82, 2.24) is 14.7 Å². The van der Waals surface area contributed by atoms with Crippen LogP contribution in [0.15, 0.2) is 18.2 Å². The van der Waals surface area contributed by atoms with Crippen molar-refractivity contribution < 1.29 is 13.6 Å². The molecule has 1 saturated heterocycles. The largest absolute Gasteiger partial charge is 0.336 e. The van der Waals surface area contributed by atoms with Gasteiger partial charge in [-0.1, -0.05) is 0 Å². The van der Waals surface area contributed by atoms with Gasteiger partial charge in [0.05, 0.1) is 5.69 Å². The molecule has 5 nitrogen and oxygen atoms in total. The molecule has 0 saturated carbocycles. The molecule has 1 aliphatic carbocycles. The van der Waals surface area contributed by atoms with Gasteiger partial charge >= 0.3 is 0 Å². The third-order valence-corrected chi connectivity index (χ3v) is 5.03. The molecule has 2 aliphatic rings. The third-order valence-electron chi connectivity index (χ3n) is 5.03.